The zero-order valence-corrected chi connectivity index (χ0v) is 12.5. The lowest BCUT2D eigenvalue weighted by Gasteiger charge is -2.26. The van der Waals surface area contributed by atoms with E-state index in [1.807, 2.05) is 24.3 Å². The monoisotopic (exact) mass is 291 g/mol. The summed E-state index contributed by atoms with van der Waals surface area (Å²) in [7, 11) is 0. The molecular formula is C16H25N3O2. The molecule has 1 fully saturated rings. The van der Waals surface area contributed by atoms with Crippen LogP contribution in [0, 0.1) is 0 Å². The van der Waals surface area contributed by atoms with E-state index < -0.39 is 5.97 Å². The van der Waals surface area contributed by atoms with Crippen molar-refractivity contribution in [2.24, 2.45) is 0 Å². The topological polar surface area (TPSA) is 69.8 Å². The molecule has 5 nitrogen and oxygen atoms in total. The summed E-state index contributed by atoms with van der Waals surface area (Å²) in [5.41, 5.74) is 7.68. The standard InChI is InChI=1S/C16H25N3O2/c17-14-6-1-2-7-15(14)19(13-8-16(20)21)12-5-11-18-9-3-4-10-18/h1-2,6-7H,3-5,8-13,17H2,(H,20,21). The molecule has 0 amide bonds. The van der Waals surface area contributed by atoms with Gasteiger partial charge < -0.3 is 20.6 Å². The molecule has 0 aromatic heterocycles. The average molecular weight is 291 g/mol. The first-order valence-electron chi connectivity index (χ1n) is 7.70. The van der Waals surface area contributed by atoms with Crippen molar-refractivity contribution in [1.82, 2.24) is 4.90 Å². The predicted octanol–water partition coefficient (Wildman–Crippen LogP) is 2.04. The number of nitrogen functional groups attached to an aromatic ring is 1. The van der Waals surface area contributed by atoms with Gasteiger partial charge in [-0.1, -0.05) is 12.1 Å². The van der Waals surface area contributed by atoms with Crippen LogP contribution in [0.3, 0.4) is 0 Å². The Labute approximate surface area is 126 Å². The van der Waals surface area contributed by atoms with Crippen LogP contribution < -0.4 is 10.6 Å². The summed E-state index contributed by atoms with van der Waals surface area (Å²) in [4.78, 5) is 15.4. The molecule has 2 rings (SSSR count). The molecule has 1 aromatic carbocycles. The van der Waals surface area contributed by atoms with Crippen LogP contribution in [0.4, 0.5) is 11.4 Å². The van der Waals surface area contributed by atoms with Crippen LogP contribution in [0.25, 0.3) is 0 Å². The Kier molecular flexibility index (Phi) is 5.87. The zero-order valence-electron chi connectivity index (χ0n) is 12.5. The molecule has 1 saturated heterocycles. The van der Waals surface area contributed by atoms with Crippen LogP contribution in [0.15, 0.2) is 24.3 Å². The van der Waals surface area contributed by atoms with E-state index >= 15 is 0 Å². The zero-order chi connectivity index (χ0) is 15.1. The number of nitrogens with two attached hydrogens (primary N) is 1. The van der Waals surface area contributed by atoms with E-state index in [9.17, 15) is 4.79 Å². The van der Waals surface area contributed by atoms with Gasteiger partial charge in [0.25, 0.3) is 0 Å². The van der Waals surface area contributed by atoms with Gasteiger partial charge in [-0.2, -0.15) is 0 Å². The molecule has 1 aliphatic rings. The Morgan fingerprint density at radius 2 is 1.95 bits per heavy atom. The molecule has 1 heterocycles. The first-order chi connectivity index (χ1) is 10.2. The fourth-order valence-corrected chi connectivity index (χ4v) is 2.85. The first-order valence-corrected chi connectivity index (χ1v) is 7.70. The number of anilines is 2. The third-order valence-corrected chi connectivity index (χ3v) is 3.97. The van der Waals surface area contributed by atoms with Crippen LogP contribution in [0.5, 0.6) is 0 Å². The number of rotatable bonds is 8. The fraction of sp³-hybridized carbons (Fsp3) is 0.562. The molecule has 0 atom stereocenters. The first kappa shape index (κ1) is 15.6. The molecule has 0 radical (unpaired) electrons. The van der Waals surface area contributed by atoms with Crippen molar-refractivity contribution in [2.75, 3.05) is 43.4 Å². The highest BCUT2D eigenvalue weighted by atomic mass is 16.4. The van der Waals surface area contributed by atoms with Gasteiger partial charge in [-0.05, 0) is 51.0 Å². The van der Waals surface area contributed by atoms with Crippen LogP contribution in [-0.2, 0) is 4.79 Å². The van der Waals surface area contributed by atoms with Gasteiger partial charge in [0, 0.05) is 13.1 Å². The third-order valence-electron chi connectivity index (χ3n) is 3.97. The number of para-hydroxylation sites is 2. The van der Waals surface area contributed by atoms with E-state index in [4.69, 9.17) is 10.8 Å². The van der Waals surface area contributed by atoms with Crippen molar-refractivity contribution < 1.29 is 9.90 Å². The molecule has 116 valence electrons. The number of carboxylic acid groups (broad SMARTS) is 1. The second kappa shape index (κ2) is 7.88. The minimum atomic E-state index is -0.769. The number of nitrogens with zero attached hydrogens (tertiary/aromatic N) is 2. The maximum Gasteiger partial charge on any atom is 0.305 e. The van der Waals surface area contributed by atoms with E-state index in [0.29, 0.717) is 12.2 Å². The lowest BCUT2D eigenvalue weighted by atomic mass is 10.2. The van der Waals surface area contributed by atoms with E-state index in [-0.39, 0.29) is 6.42 Å². The number of hydrogen-bond acceptors (Lipinski definition) is 4. The smallest absolute Gasteiger partial charge is 0.305 e. The van der Waals surface area contributed by atoms with Crippen molar-refractivity contribution in [3.8, 4) is 0 Å². The van der Waals surface area contributed by atoms with Crippen LogP contribution in [0.2, 0.25) is 0 Å². The van der Waals surface area contributed by atoms with Gasteiger partial charge in [0.2, 0.25) is 0 Å². The molecule has 0 aliphatic carbocycles. The van der Waals surface area contributed by atoms with Gasteiger partial charge in [-0.15, -0.1) is 0 Å². The highest BCUT2D eigenvalue weighted by Gasteiger charge is 2.14. The average Bonchev–Trinajstić information content (AvgIpc) is 2.96. The van der Waals surface area contributed by atoms with E-state index in [0.717, 1.165) is 25.2 Å². The van der Waals surface area contributed by atoms with E-state index in [2.05, 4.69) is 9.80 Å². The second-order valence-electron chi connectivity index (χ2n) is 5.59. The molecular weight excluding hydrogens is 266 g/mol. The Morgan fingerprint density at radius 3 is 2.62 bits per heavy atom. The SMILES string of the molecule is Nc1ccccc1N(CCCN1CCCC1)CCC(=O)O. The molecule has 1 aromatic rings. The van der Waals surface area contributed by atoms with Crippen molar-refractivity contribution in [3.05, 3.63) is 24.3 Å². The summed E-state index contributed by atoms with van der Waals surface area (Å²) < 4.78 is 0. The largest absolute Gasteiger partial charge is 0.481 e. The van der Waals surface area contributed by atoms with Crippen LogP contribution >= 0.6 is 0 Å². The van der Waals surface area contributed by atoms with Gasteiger partial charge in [-0.3, -0.25) is 4.79 Å². The summed E-state index contributed by atoms with van der Waals surface area (Å²) in [5, 5.41) is 8.91. The minimum absolute atomic E-state index is 0.137. The maximum atomic E-state index is 10.8. The lowest BCUT2D eigenvalue weighted by molar-refractivity contribution is -0.136. The van der Waals surface area contributed by atoms with Gasteiger partial charge in [0.1, 0.15) is 0 Å². The highest BCUT2D eigenvalue weighted by molar-refractivity contribution is 5.70. The number of carboxylic acids is 1. The summed E-state index contributed by atoms with van der Waals surface area (Å²) >= 11 is 0. The summed E-state index contributed by atoms with van der Waals surface area (Å²) in [6.45, 7) is 4.82. The molecule has 0 unspecified atom stereocenters. The molecule has 3 N–H and O–H groups in total. The van der Waals surface area contributed by atoms with Gasteiger partial charge in [0.05, 0.1) is 17.8 Å². The van der Waals surface area contributed by atoms with Gasteiger partial charge in [0.15, 0.2) is 0 Å². The number of hydrogen-bond donors (Lipinski definition) is 2. The number of carbonyl (C=O) groups is 1. The van der Waals surface area contributed by atoms with Crippen LogP contribution in [-0.4, -0.2) is 48.7 Å². The summed E-state index contributed by atoms with van der Waals surface area (Å²) in [6, 6.07) is 7.68. The summed E-state index contributed by atoms with van der Waals surface area (Å²) in [5.74, 6) is -0.769. The Hall–Kier alpha value is -1.75. The predicted molar refractivity (Wildman–Crippen MR) is 85.6 cm³/mol. The molecule has 5 heteroatoms. The van der Waals surface area contributed by atoms with Gasteiger partial charge in [-0.25, -0.2) is 0 Å². The Bertz CT molecular complexity index is 459. The van der Waals surface area contributed by atoms with E-state index in [1.165, 1.54) is 25.9 Å². The fourth-order valence-electron chi connectivity index (χ4n) is 2.85. The summed E-state index contributed by atoms with van der Waals surface area (Å²) in [6.07, 6.45) is 3.77. The Balaban J connectivity index is 1.91. The molecule has 0 spiro atoms. The van der Waals surface area contributed by atoms with Gasteiger partial charge >= 0.3 is 5.97 Å². The minimum Gasteiger partial charge on any atom is -0.481 e. The van der Waals surface area contributed by atoms with Crippen molar-refractivity contribution in [1.29, 1.82) is 0 Å². The maximum absolute atomic E-state index is 10.8. The third kappa shape index (κ3) is 4.93. The highest BCUT2D eigenvalue weighted by Crippen LogP contribution is 2.23. The quantitative estimate of drug-likeness (QED) is 0.717. The molecule has 21 heavy (non-hydrogen) atoms. The molecule has 1 aliphatic heterocycles. The second-order valence-corrected chi connectivity index (χ2v) is 5.59. The number of likely N-dealkylation sites (tertiary alicyclic amines) is 1. The number of benzene rings is 1. The van der Waals surface area contributed by atoms with Crippen molar-refractivity contribution in [3.63, 3.8) is 0 Å². The normalized spacial score (nSPS) is 15.2. The van der Waals surface area contributed by atoms with Crippen LogP contribution in [0.1, 0.15) is 25.7 Å². The van der Waals surface area contributed by atoms with Crippen molar-refractivity contribution in [2.45, 2.75) is 25.7 Å². The lowest BCUT2D eigenvalue weighted by Crippen LogP contribution is -2.31. The molecule has 0 bridgehead atoms. The van der Waals surface area contributed by atoms with E-state index in [1.54, 1.807) is 0 Å². The Morgan fingerprint density at radius 1 is 1.24 bits per heavy atom. The number of aliphatic carboxylic acids is 1. The molecule has 0 saturated carbocycles. The van der Waals surface area contributed by atoms with Crippen molar-refractivity contribution >= 4 is 17.3 Å².